The smallest absolute Gasteiger partial charge is 0.136 e. The van der Waals surface area contributed by atoms with Gasteiger partial charge in [-0.3, -0.25) is 4.79 Å². The van der Waals surface area contributed by atoms with Crippen LogP contribution >= 0.6 is 12.6 Å². The molecule has 60 valence electrons. The number of carbonyl (C=O) groups excluding carboxylic acids is 1. The molecule has 0 saturated heterocycles. The highest BCUT2D eigenvalue weighted by atomic mass is 32.1. The van der Waals surface area contributed by atoms with Crippen molar-refractivity contribution in [3.63, 3.8) is 0 Å². The molecule has 10 heavy (non-hydrogen) atoms. The van der Waals surface area contributed by atoms with E-state index in [1.165, 1.54) is 0 Å². The van der Waals surface area contributed by atoms with Gasteiger partial charge in [-0.15, -0.1) is 0 Å². The predicted molar refractivity (Wildman–Crippen MR) is 47.5 cm³/mol. The van der Waals surface area contributed by atoms with Crippen LogP contribution in [0.15, 0.2) is 0 Å². The van der Waals surface area contributed by atoms with Crippen molar-refractivity contribution in [1.82, 2.24) is 0 Å². The quantitative estimate of drug-likeness (QED) is 0.624. The normalized spacial score (nSPS) is 16.4. The van der Waals surface area contributed by atoms with Crippen molar-refractivity contribution < 1.29 is 4.79 Å². The number of hydrogen-bond acceptors (Lipinski definition) is 2. The molecule has 0 bridgehead atoms. The number of thiol groups is 1. The fraction of sp³-hybridized carbons (Fsp3) is 0.875. The van der Waals surface area contributed by atoms with Crippen LogP contribution in [-0.2, 0) is 4.79 Å². The van der Waals surface area contributed by atoms with Gasteiger partial charge in [0.15, 0.2) is 0 Å². The van der Waals surface area contributed by atoms with E-state index in [1.54, 1.807) is 0 Å². The molecule has 0 amide bonds. The van der Waals surface area contributed by atoms with Gasteiger partial charge < -0.3 is 0 Å². The van der Waals surface area contributed by atoms with Gasteiger partial charge in [-0.25, -0.2) is 0 Å². The zero-order valence-electron chi connectivity index (χ0n) is 6.92. The molecule has 0 aliphatic rings. The monoisotopic (exact) mass is 160 g/mol. The predicted octanol–water partition coefficient (Wildman–Crippen LogP) is 2.31. The van der Waals surface area contributed by atoms with Gasteiger partial charge in [-0.05, 0) is 6.42 Å². The topological polar surface area (TPSA) is 17.1 Å². The number of ketones is 1. The van der Waals surface area contributed by atoms with Gasteiger partial charge >= 0.3 is 0 Å². The molecule has 2 heteroatoms. The van der Waals surface area contributed by atoms with E-state index in [9.17, 15) is 4.79 Å². The van der Waals surface area contributed by atoms with Crippen LogP contribution in [-0.4, -0.2) is 11.0 Å². The lowest BCUT2D eigenvalue weighted by Crippen LogP contribution is -2.13. The Balaban J connectivity index is 3.62. The average molecular weight is 160 g/mol. The van der Waals surface area contributed by atoms with Crippen LogP contribution in [0.1, 0.15) is 33.6 Å². The lowest BCUT2D eigenvalue weighted by atomic mass is 10.0. The zero-order valence-corrected chi connectivity index (χ0v) is 7.82. The maximum atomic E-state index is 11.1. The second-order valence-electron chi connectivity index (χ2n) is 2.83. The second kappa shape index (κ2) is 4.78. The average Bonchev–Trinajstić information content (AvgIpc) is 1.85. The third-order valence-electron chi connectivity index (χ3n) is 1.66. The molecule has 0 fully saturated rings. The van der Waals surface area contributed by atoms with E-state index < -0.39 is 0 Å². The molecule has 2 atom stereocenters. The van der Waals surface area contributed by atoms with Crippen molar-refractivity contribution in [2.45, 2.75) is 38.9 Å². The molecule has 0 spiro atoms. The van der Waals surface area contributed by atoms with Crippen molar-refractivity contribution in [3.05, 3.63) is 0 Å². The summed E-state index contributed by atoms with van der Waals surface area (Å²) in [5.41, 5.74) is 0. The van der Waals surface area contributed by atoms with Gasteiger partial charge in [0, 0.05) is 17.6 Å². The van der Waals surface area contributed by atoms with Gasteiger partial charge in [0.25, 0.3) is 0 Å². The molecule has 0 saturated carbocycles. The number of carbonyl (C=O) groups is 1. The Morgan fingerprint density at radius 2 is 2.00 bits per heavy atom. The molecule has 0 unspecified atom stereocenters. The van der Waals surface area contributed by atoms with Crippen LogP contribution < -0.4 is 0 Å². The Morgan fingerprint density at radius 3 is 2.30 bits per heavy atom. The summed E-state index contributed by atoms with van der Waals surface area (Å²) in [6, 6.07) is 0. The molecule has 0 aromatic carbocycles. The summed E-state index contributed by atoms with van der Waals surface area (Å²) in [6.45, 7) is 5.95. The molecule has 0 aliphatic heterocycles. The van der Waals surface area contributed by atoms with Crippen LogP contribution in [0.4, 0.5) is 0 Å². The van der Waals surface area contributed by atoms with Crippen LogP contribution in [0.5, 0.6) is 0 Å². The molecule has 0 N–H and O–H groups in total. The highest BCUT2D eigenvalue weighted by Crippen LogP contribution is 2.09. The van der Waals surface area contributed by atoms with E-state index >= 15 is 0 Å². The fourth-order valence-corrected chi connectivity index (χ4v) is 0.900. The number of hydrogen-bond donors (Lipinski definition) is 1. The van der Waals surface area contributed by atoms with Crippen LogP contribution in [0.3, 0.4) is 0 Å². The van der Waals surface area contributed by atoms with Crippen LogP contribution in [0.25, 0.3) is 0 Å². The molecular formula is C8H16OS. The van der Waals surface area contributed by atoms with Crippen molar-refractivity contribution >= 4 is 18.4 Å². The largest absolute Gasteiger partial charge is 0.299 e. The molecule has 0 aromatic heterocycles. The lowest BCUT2D eigenvalue weighted by molar-refractivity contribution is -0.122. The Kier molecular flexibility index (Phi) is 4.79. The Bertz CT molecular complexity index is 110. The summed E-state index contributed by atoms with van der Waals surface area (Å²) in [5, 5.41) is 0.210. The van der Waals surface area contributed by atoms with Gasteiger partial charge in [0.05, 0.1) is 0 Å². The Hall–Kier alpha value is 0.0200. The summed E-state index contributed by atoms with van der Waals surface area (Å²) >= 11 is 4.15. The number of rotatable bonds is 4. The molecule has 0 heterocycles. The summed E-state index contributed by atoms with van der Waals surface area (Å²) in [7, 11) is 0. The fourth-order valence-electron chi connectivity index (χ4n) is 0.720. The minimum atomic E-state index is 0.210. The SMILES string of the molecule is CC[C@H](C)C(=O)C[C@H](C)S. The van der Waals surface area contributed by atoms with Crippen molar-refractivity contribution in [2.24, 2.45) is 5.92 Å². The Labute approximate surface area is 68.6 Å². The standard InChI is InChI=1S/C8H16OS/c1-4-6(2)8(9)5-7(3)10/h6-7,10H,4-5H2,1-3H3/t6-,7-/m0/s1. The maximum absolute atomic E-state index is 11.1. The van der Waals surface area contributed by atoms with E-state index in [2.05, 4.69) is 12.6 Å². The van der Waals surface area contributed by atoms with Crippen molar-refractivity contribution in [1.29, 1.82) is 0 Å². The summed E-state index contributed by atoms with van der Waals surface area (Å²) < 4.78 is 0. The summed E-state index contributed by atoms with van der Waals surface area (Å²) in [6.07, 6.45) is 1.55. The van der Waals surface area contributed by atoms with E-state index in [0.29, 0.717) is 12.2 Å². The van der Waals surface area contributed by atoms with Crippen LogP contribution in [0.2, 0.25) is 0 Å². The third kappa shape index (κ3) is 3.94. The third-order valence-corrected chi connectivity index (χ3v) is 1.84. The molecular weight excluding hydrogens is 144 g/mol. The maximum Gasteiger partial charge on any atom is 0.136 e. The lowest BCUT2D eigenvalue weighted by Gasteiger charge is -2.07. The van der Waals surface area contributed by atoms with E-state index in [-0.39, 0.29) is 11.2 Å². The van der Waals surface area contributed by atoms with Gasteiger partial charge in [0.1, 0.15) is 5.78 Å². The summed E-state index contributed by atoms with van der Waals surface area (Å²) in [5.74, 6) is 0.555. The highest BCUT2D eigenvalue weighted by molar-refractivity contribution is 7.80. The molecule has 0 aromatic rings. The van der Waals surface area contributed by atoms with E-state index in [1.807, 2.05) is 20.8 Å². The minimum Gasteiger partial charge on any atom is -0.299 e. The van der Waals surface area contributed by atoms with Gasteiger partial charge in [-0.2, -0.15) is 12.6 Å². The van der Waals surface area contributed by atoms with Gasteiger partial charge in [0.2, 0.25) is 0 Å². The first kappa shape index (κ1) is 10.0. The summed E-state index contributed by atoms with van der Waals surface area (Å²) in [4.78, 5) is 11.1. The molecule has 0 aliphatic carbocycles. The molecule has 1 nitrogen and oxygen atoms in total. The van der Waals surface area contributed by atoms with Crippen LogP contribution in [0, 0.1) is 5.92 Å². The first-order chi connectivity index (χ1) is 4.57. The second-order valence-corrected chi connectivity index (χ2v) is 3.71. The molecule has 0 rings (SSSR count). The first-order valence-electron chi connectivity index (χ1n) is 3.78. The Morgan fingerprint density at radius 1 is 1.50 bits per heavy atom. The van der Waals surface area contributed by atoms with E-state index in [4.69, 9.17) is 0 Å². The van der Waals surface area contributed by atoms with Crippen molar-refractivity contribution in [3.8, 4) is 0 Å². The number of Topliss-reactive ketones (excluding diaryl/α,β-unsaturated/α-hetero) is 1. The minimum absolute atomic E-state index is 0.210. The van der Waals surface area contributed by atoms with E-state index in [0.717, 1.165) is 6.42 Å². The van der Waals surface area contributed by atoms with Crippen molar-refractivity contribution in [2.75, 3.05) is 0 Å². The van der Waals surface area contributed by atoms with Gasteiger partial charge in [-0.1, -0.05) is 20.8 Å². The first-order valence-corrected chi connectivity index (χ1v) is 4.30. The highest BCUT2D eigenvalue weighted by Gasteiger charge is 2.11. The molecule has 0 radical (unpaired) electrons. The zero-order chi connectivity index (χ0) is 8.15.